The number of hydrogen-bond acceptors (Lipinski definition) is 4. The van der Waals surface area contributed by atoms with E-state index in [9.17, 15) is 9.59 Å². The van der Waals surface area contributed by atoms with Crippen molar-refractivity contribution in [2.24, 2.45) is 7.05 Å². The second-order valence-electron chi connectivity index (χ2n) is 8.68. The maximum atomic E-state index is 12.5. The number of esters is 1. The van der Waals surface area contributed by atoms with E-state index in [4.69, 9.17) is 9.47 Å². The van der Waals surface area contributed by atoms with Crippen LogP contribution in [0.1, 0.15) is 48.3 Å². The molecule has 0 atom stereocenters. The molecule has 0 bridgehead atoms. The Kier molecular flexibility index (Phi) is 5.31. The largest absolute Gasteiger partial charge is 0.455 e. The van der Waals surface area contributed by atoms with Crippen molar-refractivity contribution in [2.45, 2.75) is 32.3 Å². The van der Waals surface area contributed by atoms with Crippen LogP contribution in [-0.2, 0) is 16.5 Å². The molecular weight excluding hydrogens is 392 g/mol. The summed E-state index contributed by atoms with van der Waals surface area (Å²) >= 11 is 0. The number of nitrogens with one attached hydrogen (secondary N) is 1. The van der Waals surface area contributed by atoms with Gasteiger partial charge in [-0.2, -0.15) is 0 Å². The Labute approximate surface area is 181 Å². The van der Waals surface area contributed by atoms with E-state index in [-0.39, 0.29) is 12.5 Å². The van der Waals surface area contributed by atoms with Gasteiger partial charge in [-0.3, -0.25) is 5.32 Å². The highest BCUT2D eigenvalue weighted by Gasteiger charge is 2.29. The number of aromatic nitrogens is 1. The van der Waals surface area contributed by atoms with Crippen molar-refractivity contribution >= 4 is 17.7 Å². The molecule has 3 aromatic rings. The summed E-state index contributed by atoms with van der Waals surface area (Å²) in [6.07, 6.45) is 1.09. The molecule has 6 nitrogen and oxygen atoms in total. The molecule has 0 saturated carbocycles. The molecule has 0 aliphatic heterocycles. The molecule has 160 valence electrons. The van der Waals surface area contributed by atoms with Gasteiger partial charge >= 0.3 is 12.1 Å². The summed E-state index contributed by atoms with van der Waals surface area (Å²) in [5, 5.41) is 2.70. The molecule has 4 rings (SSSR count). The van der Waals surface area contributed by atoms with Crippen LogP contribution in [-0.4, -0.2) is 28.8 Å². The summed E-state index contributed by atoms with van der Waals surface area (Å²) in [5.74, 6) is -0.457. The van der Waals surface area contributed by atoms with Crippen LogP contribution < -0.4 is 5.32 Å². The Balaban J connectivity index is 1.43. The van der Waals surface area contributed by atoms with Gasteiger partial charge < -0.3 is 14.0 Å². The van der Waals surface area contributed by atoms with Crippen LogP contribution in [0.3, 0.4) is 0 Å². The molecule has 1 aliphatic carbocycles. The van der Waals surface area contributed by atoms with E-state index in [1.165, 1.54) is 11.1 Å². The Morgan fingerprint density at radius 2 is 1.58 bits per heavy atom. The Morgan fingerprint density at radius 1 is 1.00 bits per heavy atom. The Morgan fingerprint density at radius 3 is 2.16 bits per heavy atom. The zero-order valence-electron chi connectivity index (χ0n) is 18.1. The molecule has 0 unspecified atom stereocenters. The lowest BCUT2D eigenvalue weighted by atomic mass is 9.98. The van der Waals surface area contributed by atoms with Gasteiger partial charge in [-0.05, 0) is 49.1 Å². The first kappa shape index (κ1) is 20.7. The standard InChI is InChI=1S/C25H26N2O4/c1-25(2,3)31-23(28)22-13-16(14-27(22)4)26-24(29)30-15-21-19-11-7-5-9-17(19)18-10-6-8-12-20(18)21/h5-14,21H,15H2,1-4H3,(H,26,29). The van der Waals surface area contributed by atoms with Crippen LogP contribution in [0.15, 0.2) is 60.8 Å². The lowest BCUT2D eigenvalue weighted by molar-refractivity contribution is 0.00589. The molecule has 0 spiro atoms. The van der Waals surface area contributed by atoms with E-state index in [0.717, 1.165) is 11.1 Å². The highest BCUT2D eigenvalue weighted by atomic mass is 16.6. The predicted molar refractivity (Wildman–Crippen MR) is 119 cm³/mol. The second-order valence-corrected chi connectivity index (χ2v) is 8.68. The van der Waals surface area contributed by atoms with E-state index in [0.29, 0.717) is 11.4 Å². The molecule has 1 heterocycles. The van der Waals surface area contributed by atoms with Crippen LogP contribution in [0, 0.1) is 0 Å². The maximum Gasteiger partial charge on any atom is 0.411 e. The minimum atomic E-state index is -0.595. The van der Waals surface area contributed by atoms with Gasteiger partial charge in [0.1, 0.15) is 17.9 Å². The summed E-state index contributed by atoms with van der Waals surface area (Å²) < 4.78 is 12.6. The topological polar surface area (TPSA) is 69.6 Å². The van der Waals surface area contributed by atoms with E-state index < -0.39 is 17.7 Å². The van der Waals surface area contributed by atoms with Crippen molar-refractivity contribution in [2.75, 3.05) is 11.9 Å². The zero-order valence-corrected chi connectivity index (χ0v) is 18.1. The third kappa shape index (κ3) is 4.33. The molecule has 0 saturated heterocycles. The number of rotatable bonds is 4. The van der Waals surface area contributed by atoms with Gasteiger partial charge in [0.15, 0.2) is 0 Å². The van der Waals surface area contributed by atoms with Crippen LogP contribution in [0.4, 0.5) is 10.5 Å². The molecule has 1 amide bonds. The minimum Gasteiger partial charge on any atom is -0.455 e. The van der Waals surface area contributed by atoms with Crippen molar-refractivity contribution in [3.63, 3.8) is 0 Å². The second kappa shape index (κ2) is 7.95. The number of fused-ring (bicyclic) bond motifs is 3. The van der Waals surface area contributed by atoms with Crippen molar-refractivity contribution in [1.82, 2.24) is 4.57 Å². The number of benzene rings is 2. The van der Waals surface area contributed by atoms with Crippen LogP contribution in [0.25, 0.3) is 11.1 Å². The fourth-order valence-corrected chi connectivity index (χ4v) is 3.92. The lowest BCUT2D eigenvalue weighted by Crippen LogP contribution is -2.25. The van der Waals surface area contributed by atoms with Gasteiger partial charge in [0, 0.05) is 19.2 Å². The summed E-state index contributed by atoms with van der Waals surface area (Å²) in [7, 11) is 1.72. The first-order valence-corrected chi connectivity index (χ1v) is 10.2. The minimum absolute atomic E-state index is 0.00810. The number of carbonyl (C=O) groups is 2. The highest BCUT2D eigenvalue weighted by Crippen LogP contribution is 2.44. The average molecular weight is 418 g/mol. The molecule has 0 radical (unpaired) electrons. The number of ether oxygens (including phenoxy) is 2. The van der Waals surface area contributed by atoms with Gasteiger partial charge in [0.2, 0.25) is 0 Å². The molecule has 0 fully saturated rings. The number of amides is 1. The quantitative estimate of drug-likeness (QED) is 0.581. The van der Waals surface area contributed by atoms with Gasteiger partial charge in [-0.25, -0.2) is 9.59 Å². The Bertz CT molecular complexity index is 1090. The number of hydrogen-bond donors (Lipinski definition) is 1. The van der Waals surface area contributed by atoms with Crippen LogP contribution >= 0.6 is 0 Å². The molecule has 6 heteroatoms. The number of aryl methyl sites for hydroxylation is 1. The monoisotopic (exact) mass is 418 g/mol. The molecular formula is C25H26N2O4. The third-order valence-electron chi connectivity index (χ3n) is 5.20. The predicted octanol–water partition coefficient (Wildman–Crippen LogP) is 5.34. The highest BCUT2D eigenvalue weighted by molar-refractivity contribution is 5.92. The first-order chi connectivity index (χ1) is 14.7. The number of anilines is 1. The molecule has 31 heavy (non-hydrogen) atoms. The lowest BCUT2D eigenvalue weighted by Gasteiger charge is -2.19. The fourth-order valence-electron chi connectivity index (χ4n) is 3.92. The summed E-state index contributed by atoms with van der Waals surface area (Å²) in [6, 6.07) is 18.0. The van der Waals surface area contributed by atoms with Gasteiger partial charge in [0.05, 0.1) is 5.69 Å². The Hall–Kier alpha value is -3.54. The smallest absolute Gasteiger partial charge is 0.411 e. The molecule has 1 aliphatic rings. The van der Waals surface area contributed by atoms with Crippen molar-refractivity contribution in [1.29, 1.82) is 0 Å². The van der Waals surface area contributed by atoms with Crippen molar-refractivity contribution < 1.29 is 19.1 Å². The average Bonchev–Trinajstić information content (AvgIpc) is 3.23. The third-order valence-corrected chi connectivity index (χ3v) is 5.20. The van der Waals surface area contributed by atoms with Crippen molar-refractivity contribution in [3.05, 3.63) is 77.6 Å². The van der Waals surface area contributed by atoms with E-state index in [2.05, 4.69) is 29.6 Å². The SMILES string of the molecule is Cn1cc(NC(=O)OCC2c3ccccc3-c3ccccc32)cc1C(=O)OC(C)(C)C. The number of carbonyl (C=O) groups excluding carboxylic acids is 2. The van der Waals surface area contributed by atoms with Crippen molar-refractivity contribution in [3.8, 4) is 11.1 Å². The fraction of sp³-hybridized carbons (Fsp3) is 0.280. The number of nitrogens with zero attached hydrogens (tertiary/aromatic N) is 1. The summed E-state index contributed by atoms with van der Waals surface area (Å²) in [6.45, 7) is 5.66. The summed E-state index contributed by atoms with van der Waals surface area (Å²) in [4.78, 5) is 24.8. The molecule has 1 N–H and O–H groups in total. The first-order valence-electron chi connectivity index (χ1n) is 10.2. The van der Waals surface area contributed by atoms with Gasteiger partial charge in [-0.15, -0.1) is 0 Å². The summed E-state index contributed by atoms with van der Waals surface area (Å²) in [5.41, 5.74) is 4.90. The van der Waals surface area contributed by atoms with Crippen LogP contribution in [0.2, 0.25) is 0 Å². The molecule has 2 aromatic carbocycles. The molecule has 1 aromatic heterocycles. The van der Waals surface area contributed by atoms with E-state index in [1.54, 1.807) is 23.9 Å². The van der Waals surface area contributed by atoms with E-state index in [1.807, 2.05) is 45.0 Å². The van der Waals surface area contributed by atoms with Gasteiger partial charge in [-0.1, -0.05) is 48.5 Å². The van der Waals surface area contributed by atoms with Gasteiger partial charge in [0.25, 0.3) is 0 Å². The van der Waals surface area contributed by atoms with E-state index >= 15 is 0 Å². The normalized spacial score (nSPS) is 12.8. The van der Waals surface area contributed by atoms with Crippen LogP contribution in [0.5, 0.6) is 0 Å². The zero-order chi connectivity index (χ0) is 22.2. The maximum absolute atomic E-state index is 12.5.